The second-order valence-electron chi connectivity index (χ2n) is 6.88. The van der Waals surface area contributed by atoms with Crippen LogP contribution < -0.4 is 9.62 Å². The summed E-state index contributed by atoms with van der Waals surface area (Å²) in [6.45, 7) is 7.07. The summed E-state index contributed by atoms with van der Waals surface area (Å²) in [4.78, 5) is 12.4. The van der Waals surface area contributed by atoms with Gasteiger partial charge in [-0.1, -0.05) is 43.7 Å². The third kappa shape index (κ3) is 5.07. The molecular weight excluding hydrogens is 367 g/mol. The van der Waals surface area contributed by atoms with Gasteiger partial charge >= 0.3 is 0 Å². The molecule has 0 spiro atoms. The van der Waals surface area contributed by atoms with Gasteiger partial charge in [0.2, 0.25) is 5.91 Å². The number of amides is 1. The van der Waals surface area contributed by atoms with Crippen LogP contribution in [0, 0.1) is 18.7 Å². The molecule has 2 rings (SSSR count). The van der Waals surface area contributed by atoms with E-state index in [1.807, 2.05) is 27.7 Å². The Balaban J connectivity index is 2.43. The third-order valence-corrected chi connectivity index (χ3v) is 6.18. The Labute approximate surface area is 160 Å². The summed E-state index contributed by atoms with van der Waals surface area (Å²) in [5.74, 6) is -1.02. The minimum Gasteiger partial charge on any atom is -0.352 e. The smallest absolute Gasteiger partial charge is 0.264 e. The third-order valence-electron chi connectivity index (χ3n) is 4.41. The van der Waals surface area contributed by atoms with Gasteiger partial charge in [0.05, 0.1) is 10.6 Å². The van der Waals surface area contributed by atoms with Gasteiger partial charge in [-0.25, -0.2) is 12.8 Å². The van der Waals surface area contributed by atoms with Crippen LogP contribution in [0.5, 0.6) is 0 Å². The molecule has 2 aromatic rings. The molecule has 1 atom stereocenters. The minimum atomic E-state index is -4.11. The van der Waals surface area contributed by atoms with E-state index in [4.69, 9.17) is 0 Å². The first-order valence-corrected chi connectivity index (χ1v) is 10.2. The Morgan fingerprint density at radius 1 is 1.07 bits per heavy atom. The number of para-hydroxylation sites is 1. The average Bonchev–Trinajstić information content (AvgIpc) is 2.60. The maximum absolute atomic E-state index is 14.4. The molecule has 0 fully saturated rings. The normalized spacial score (nSPS) is 12.7. The highest BCUT2D eigenvalue weighted by molar-refractivity contribution is 7.92. The van der Waals surface area contributed by atoms with Gasteiger partial charge in [0, 0.05) is 6.04 Å². The summed E-state index contributed by atoms with van der Waals surface area (Å²) < 4.78 is 41.4. The summed E-state index contributed by atoms with van der Waals surface area (Å²) in [6, 6.07) is 11.6. The molecule has 0 aliphatic heterocycles. The number of benzene rings is 2. The van der Waals surface area contributed by atoms with Crippen molar-refractivity contribution >= 4 is 21.6 Å². The number of rotatable bonds is 7. The van der Waals surface area contributed by atoms with E-state index in [0.717, 1.165) is 9.87 Å². The van der Waals surface area contributed by atoms with Crippen molar-refractivity contribution in [2.45, 2.75) is 38.6 Å². The van der Waals surface area contributed by atoms with Crippen LogP contribution in [0.2, 0.25) is 0 Å². The lowest BCUT2D eigenvalue weighted by molar-refractivity contribution is -0.120. The van der Waals surface area contributed by atoms with E-state index in [2.05, 4.69) is 5.32 Å². The Morgan fingerprint density at radius 3 is 2.22 bits per heavy atom. The number of aryl methyl sites for hydroxylation is 1. The second-order valence-corrected chi connectivity index (χ2v) is 8.74. The molecule has 7 heteroatoms. The molecule has 0 aliphatic rings. The van der Waals surface area contributed by atoms with Crippen LogP contribution in [0.15, 0.2) is 53.4 Å². The lowest BCUT2D eigenvalue weighted by Crippen LogP contribution is -2.45. The first-order chi connectivity index (χ1) is 12.6. The lowest BCUT2D eigenvalue weighted by atomic mass is 10.1. The fourth-order valence-corrected chi connectivity index (χ4v) is 3.82. The number of halogens is 1. The van der Waals surface area contributed by atoms with Crippen molar-refractivity contribution in [3.05, 3.63) is 59.9 Å². The van der Waals surface area contributed by atoms with Gasteiger partial charge in [0.15, 0.2) is 0 Å². The van der Waals surface area contributed by atoms with E-state index in [0.29, 0.717) is 0 Å². The number of sulfonamides is 1. The number of carbonyl (C=O) groups excluding carboxylic acids is 1. The molecule has 0 saturated carbocycles. The van der Waals surface area contributed by atoms with Gasteiger partial charge in [-0.2, -0.15) is 0 Å². The minimum absolute atomic E-state index is 0.000983. The van der Waals surface area contributed by atoms with Crippen LogP contribution in [0.1, 0.15) is 26.3 Å². The number of nitrogens with zero attached hydrogens (tertiary/aromatic N) is 1. The zero-order valence-electron chi connectivity index (χ0n) is 15.9. The summed E-state index contributed by atoms with van der Waals surface area (Å²) >= 11 is 0. The highest BCUT2D eigenvalue weighted by Crippen LogP contribution is 2.26. The summed E-state index contributed by atoms with van der Waals surface area (Å²) in [5.41, 5.74) is 0.736. The topological polar surface area (TPSA) is 66.5 Å². The SMILES string of the molecule is Cc1ccc(S(=O)(=O)N(CC(=O)NC(C)C(C)C)c2ccccc2F)cc1. The fourth-order valence-electron chi connectivity index (χ4n) is 2.39. The Kier molecular flexibility index (Phi) is 6.59. The van der Waals surface area contributed by atoms with Gasteiger partial charge in [-0.3, -0.25) is 9.10 Å². The monoisotopic (exact) mass is 392 g/mol. The molecular formula is C20H25FN2O3S. The average molecular weight is 392 g/mol. The first kappa shape index (κ1) is 20.9. The molecule has 0 heterocycles. The number of hydrogen-bond acceptors (Lipinski definition) is 3. The number of nitrogens with one attached hydrogen (secondary N) is 1. The highest BCUT2D eigenvalue weighted by atomic mass is 32.2. The molecule has 2 aromatic carbocycles. The van der Waals surface area contributed by atoms with E-state index in [1.165, 1.54) is 36.4 Å². The van der Waals surface area contributed by atoms with Gasteiger partial charge in [-0.15, -0.1) is 0 Å². The first-order valence-electron chi connectivity index (χ1n) is 8.76. The van der Waals surface area contributed by atoms with Gasteiger partial charge in [-0.05, 0) is 44.0 Å². The van der Waals surface area contributed by atoms with E-state index < -0.39 is 28.3 Å². The van der Waals surface area contributed by atoms with Crippen molar-refractivity contribution in [2.24, 2.45) is 5.92 Å². The molecule has 146 valence electrons. The van der Waals surface area contributed by atoms with Crippen molar-refractivity contribution in [1.82, 2.24) is 5.32 Å². The second kappa shape index (κ2) is 8.52. The van der Waals surface area contributed by atoms with Crippen molar-refractivity contribution in [3.8, 4) is 0 Å². The maximum Gasteiger partial charge on any atom is 0.264 e. The van der Waals surface area contributed by atoms with Gasteiger partial charge in [0.25, 0.3) is 10.0 Å². The van der Waals surface area contributed by atoms with Crippen LogP contribution in [-0.2, 0) is 14.8 Å². The Bertz CT molecular complexity index is 896. The van der Waals surface area contributed by atoms with Crippen molar-refractivity contribution in [3.63, 3.8) is 0 Å². The zero-order chi connectivity index (χ0) is 20.2. The van der Waals surface area contributed by atoms with E-state index in [-0.39, 0.29) is 22.5 Å². The van der Waals surface area contributed by atoms with Gasteiger partial charge in [0.1, 0.15) is 12.4 Å². The standard InChI is InChI=1S/C20H25FN2O3S/c1-14(2)16(4)22-20(24)13-23(19-8-6-5-7-18(19)21)27(25,26)17-11-9-15(3)10-12-17/h5-12,14,16H,13H2,1-4H3,(H,22,24). The molecule has 0 bridgehead atoms. The maximum atomic E-state index is 14.4. The predicted molar refractivity (Wildman–Crippen MR) is 105 cm³/mol. The van der Waals surface area contributed by atoms with Crippen molar-refractivity contribution in [1.29, 1.82) is 0 Å². The molecule has 27 heavy (non-hydrogen) atoms. The van der Waals surface area contributed by atoms with E-state index in [9.17, 15) is 17.6 Å². The summed E-state index contributed by atoms with van der Waals surface area (Å²) in [6.07, 6.45) is 0. The van der Waals surface area contributed by atoms with Crippen LogP contribution >= 0.6 is 0 Å². The van der Waals surface area contributed by atoms with E-state index >= 15 is 0 Å². The van der Waals surface area contributed by atoms with Gasteiger partial charge < -0.3 is 5.32 Å². The number of anilines is 1. The molecule has 1 N–H and O–H groups in total. The predicted octanol–water partition coefficient (Wildman–Crippen LogP) is 3.49. The number of hydrogen-bond donors (Lipinski definition) is 1. The summed E-state index contributed by atoms with van der Waals surface area (Å²) in [7, 11) is -4.11. The van der Waals surface area contributed by atoms with Crippen LogP contribution in [0.4, 0.5) is 10.1 Å². The van der Waals surface area contributed by atoms with Crippen LogP contribution in [-0.4, -0.2) is 26.9 Å². The zero-order valence-corrected chi connectivity index (χ0v) is 16.8. The van der Waals surface area contributed by atoms with E-state index in [1.54, 1.807) is 12.1 Å². The molecule has 0 radical (unpaired) electrons. The molecule has 0 aromatic heterocycles. The lowest BCUT2D eigenvalue weighted by Gasteiger charge is -2.26. The molecule has 1 unspecified atom stereocenters. The fraction of sp³-hybridized carbons (Fsp3) is 0.350. The largest absolute Gasteiger partial charge is 0.352 e. The van der Waals surface area contributed by atoms with Crippen molar-refractivity contribution in [2.75, 3.05) is 10.8 Å². The molecule has 0 aliphatic carbocycles. The van der Waals surface area contributed by atoms with Crippen LogP contribution in [0.25, 0.3) is 0 Å². The van der Waals surface area contributed by atoms with Crippen molar-refractivity contribution < 1.29 is 17.6 Å². The summed E-state index contributed by atoms with van der Waals surface area (Å²) in [5, 5.41) is 2.76. The quantitative estimate of drug-likeness (QED) is 0.784. The highest BCUT2D eigenvalue weighted by Gasteiger charge is 2.29. The molecule has 1 amide bonds. The number of carbonyl (C=O) groups is 1. The Morgan fingerprint density at radius 2 is 1.67 bits per heavy atom. The van der Waals surface area contributed by atoms with Crippen LogP contribution in [0.3, 0.4) is 0 Å². The molecule has 0 saturated heterocycles. The molecule has 5 nitrogen and oxygen atoms in total. The Hall–Kier alpha value is -2.41.